The van der Waals surface area contributed by atoms with E-state index in [0.717, 1.165) is 12.1 Å². The second-order valence-corrected chi connectivity index (χ2v) is 3.40. The molecule has 0 amide bonds. The van der Waals surface area contributed by atoms with E-state index in [0.29, 0.717) is 18.8 Å². The average molecular weight is 221 g/mol. The first-order valence-electron chi connectivity index (χ1n) is 5.05. The second kappa shape index (κ2) is 5.37. The zero-order valence-corrected chi connectivity index (χ0v) is 8.69. The summed E-state index contributed by atoms with van der Waals surface area (Å²) in [6, 6.07) is 6.53. The molecule has 16 heavy (non-hydrogen) atoms. The van der Waals surface area contributed by atoms with Crippen LogP contribution in [0.3, 0.4) is 0 Å². The van der Waals surface area contributed by atoms with Gasteiger partial charge in [0.15, 0.2) is 5.82 Å². The van der Waals surface area contributed by atoms with Crippen molar-refractivity contribution in [3.8, 4) is 0 Å². The third kappa shape index (κ3) is 3.13. The fourth-order valence-corrected chi connectivity index (χ4v) is 1.38. The first-order valence-corrected chi connectivity index (χ1v) is 5.05. The van der Waals surface area contributed by atoms with Gasteiger partial charge in [-0.15, -0.1) is 0 Å². The molecular formula is C11H12FN3O. The molecule has 2 aromatic rings. The van der Waals surface area contributed by atoms with Crippen molar-refractivity contribution in [1.29, 1.82) is 0 Å². The number of nitrogens with one attached hydrogen (secondary N) is 1. The van der Waals surface area contributed by atoms with Gasteiger partial charge in [-0.1, -0.05) is 17.3 Å². The molecule has 0 spiro atoms. The van der Waals surface area contributed by atoms with E-state index in [4.69, 9.17) is 0 Å². The molecule has 4 nitrogen and oxygen atoms in total. The minimum atomic E-state index is -0.211. The van der Waals surface area contributed by atoms with Crippen LogP contribution in [0.15, 0.2) is 35.2 Å². The van der Waals surface area contributed by atoms with Crippen LogP contribution in [0.2, 0.25) is 0 Å². The molecule has 0 bridgehead atoms. The molecule has 0 unspecified atom stereocenters. The Bertz CT molecular complexity index is 431. The molecule has 0 saturated heterocycles. The van der Waals surface area contributed by atoms with Crippen molar-refractivity contribution in [2.24, 2.45) is 0 Å². The van der Waals surface area contributed by atoms with Crippen molar-refractivity contribution in [3.05, 3.63) is 47.9 Å². The van der Waals surface area contributed by atoms with Crippen molar-refractivity contribution >= 4 is 0 Å². The number of benzene rings is 1. The van der Waals surface area contributed by atoms with Crippen LogP contribution < -0.4 is 5.32 Å². The lowest BCUT2D eigenvalue weighted by Gasteiger charge is -2.03. The lowest BCUT2D eigenvalue weighted by Crippen LogP contribution is -2.17. The summed E-state index contributed by atoms with van der Waals surface area (Å²) in [7, 11) is 0. The summed E-state index contributed by atoms with van der Waals surface area (Å²) in [5.74, 6) is 0.462. The minimum absolute atomic E-state index is 0.211. The van der Waals surface area contributed by atoms with Gasteiger partial charge < -0.3 is 9.84 Å². The zero-order chi connectivity index (χ0) is 11.2. The predicted molar refractivity (Wildman–Crippen MR) is 56.1 cm³/mol. The standard InChI is InChI=1S/C11H12FN3O/c12-10-3-1-2-9(6-10)7-13-5-4-11-14-8-16-15-11/h1-3,6,8,13H,4-5,7H2. The van der Waals surface area contributed by atoms with Crippen molar-refractivity contribution in [2.45, 2.75) is 13.0 Å². The van der Waals surface area contributed by atoms with E-state index < -0.39 is 0 Å². The van der Waals surface area contributed by atoms with Crippen LogP contribution in [-0.4, -0.2) is 16.7 Å². The molecule has 0 radical (unpaired) electrons. The summed E-state index contributed by atoms with van der Waals surface area (Å²) < 4.78 is 17.4. The van der Waals surface area contributed by atoms with E-state index in [1.165, 1.54) is 18.5 Å². The maximum absolute atomic E-state index is 12.8. The summed E-state index contributed by atoms with van der Waals surface area (Å²) >= 11 is 0. The lowest BCUT2D eigenvalue weighted by atomic mass is 10.2. The highest BCUT2D eigenvalue weighted by Crippen LogP contribution is 2.02. The average Bonchev–Trinajstić information content (AvgIpc) is 2.77. The molecular weight excluding hydrogens is 209 g/mol. The van der Waals surface area contributed by atoms with Gasteiger partial charge in [0.2, 0.25) is 6.39 Å². The van der Waals surface area contributed by atoms with E-state index in [9.17, 15) is 4.39 Å². The first kappa shape index (κ1) is 10.8. The number of hydrogen-bond acceptors (Lipinski definition) is 4. The molecule has 2 rings (SSSR count). The van der Waals surface area contributed by atoms with Crippen LogP contribution in [0.4, 0.5) is 4.39 Å². The zero-order valence-electron chi connectivity index (χ0n) is 8.69. The van der Waals surface area contributed by atoms with Crippen LogP contribution in [0.5, 0.6) is 0 Å². The van der Waals surface area contributed by atoms with Crippen molar-refractivity contribution in [1.82, 2.24) is 15.5 Å². The van der Waals surface area contributed by atoms with E-state index in [1.807, 2.05) is 6.07 Å². The van der Waals surface area contributed by atoms with Crippen molar-refractivity contribution in [3.63, 3.8) is 0 Å². The molecule has 0 aliphatic rings. The maximum Gasteiger partial charge on any atom is 0.213 e. The Labute approximate surface area is 92.5 Å². The summed E-state index contributed by atoms with van der Waals surface area (Å²) in [5.41, 5.74) is 0.924. The predicted octanol–water partition coefficient (Wildman–Crippen LogP) is 1.54. The van der Waals surface area contributed by atoms with Crippen LogP contribution in [0.25, 0.3) is 0 Å². The largest absolute Gasteiger partial charge is 0.343 e. The third-order valence-corrected chi connectivity index (χ3v) is 2.15. The molecule has 5 heteroatoms. The van der Waals surface area contributed by atoms with E-state index in [2.05, 4.69) is 20.0 Å². The highest BCUT2D eigenvalue weighted by molar-refractivity contribution is 5.15. The number of nitrogens with zero attached hydrogens (tertiary/aromatic N) is 2. The quantitative estimate of drug-likeness (QED) is 0.778. The van der Waals surface area contributed by atoms with Crippen LogP contribution >= 0.6 is 0 Å². The molecule has 0 atom stereocenters. The molecule has 0 aliphatic carbocycles. The van der Waals surface area contributed by atoms with Gasteiger partial charge in [0.05, 0.1) is 0 Å². The van der Waals surface area contributed by atoms with Crippen LogP contribution in [-0.2, 0) is 13.0 Å². The fourth-order valence-electron chi connectivity index (χ4n) is 1.38. The Balaban J connectivity index is 1.72. The van der Waals surface area contributed by atoms with E-state index in [1.54, 1.807) is 6.07 Å². The van der Waals surface area contributed by atoms with Crippen LogP contribution in [0.1, 0.15) is 11.4 Å². The molecule has 1 aromatic heterocycles. The van der Waals surface area contributed by atoms with Gasteiger partial charge in [0.1, 0.15) is 5.82 Å². The fraction of sp³-hybridized carbons (Fsp3) is 0.273. The summed E-state index contributed by atoms with van der Waals surface area (Å²) in [6.45, 7) is 1.37. The Morgan fingerprint density at radius 2 is 2.31 bits per heavy atom. The Kier molecular flexibility index (Phi) is 3.61. The van der Waals surface area contributed by atoms with Gasteiger partial charge in [-0.2, -0.15) is 4.98 Å². The lowest BCUT2D eigenvalue weighted by molar-refractivity contribution is 0.409. The summed E-state index contributed by atoms with van der Waals surface area (Å²) in [4.78, 5) is 3.90. The Hall–Kier alpha value is -1.75. The summed E-state index contributed by atoms with van der Waals surface area (Å²) in [5, 5.41) is 6.87. The molecule has 84 valence electrons. The maximum atomic E-state index is 12.8. The first-order chi connectivity index (χ1) is 7.84. The topological polar surface area (TPSA) is 51.0 Å². The van der Waals surface area contributed by atoms with Gasteiger partial charge in [-0.25, -0.2) is 4.39 Å². The molecule has 1 heterocycles. The smallest absolute Gasteiger partial charge is 0.213 e. The highest BCUT2D eigenvalue weighted by Gasteiger charge is 1.98. The molecule has 1 aromatic carbocycles. The Morgan fingerprint density at radius 1 is 1.38 bits per heavy atom. The van der Waals surface area contributed by atoms with Crippen molar-refractivity contribution < 1.29 is 8.91 Å². The highest BCUT2D eigenvalue weighted by atomic mass is 19.1. The van der Waals surface area contributed by atoms with Gasteiger partial charge in [0, 0.05) is 19.5 Å². The third-order valence-electron chi connectivity index (χ3n) is 2.15. The summed E-state index contributed by atoms with van der Waals surface area (Å²) in [6.07, 6.45) is 2.01. The normalized spacial score (nSPS) is 10.6. The molecule has 0 aliphatic heterocycles. The number of halogens is 1. The van der Waals surface area contributed by atoms with E-state index >= 15 is 0 Å². The van der Waals surface area contributed by atoms with E-state index in [-0.39, 0.29) is 5.82 Å². The van der Waals surface area contributed by atoms with Gasteiger partial charge >= 0.3 is 0 Å². The Morgan fingerprint density at radius 3 is 3.06 bits per heavy atom. The van der Waals surface area contributed by atoms with Gasteiger partial charge in [-0.3, -0.25) is 0 Å². The SMILES string of the molecule is Fc1cccc(CNCCc2ncon2)c1. The number of rotatable bonds is 5. The minimum Gasteiger partial charge on any atom is -0.343 e. The van der Waals surface area contributed by atoms with Crippen molar-refractivity contribution in [2.75, 3.05) is 6.54 Å². The number of hydrogen-bond donors (Lipinski definition) is 1. The van der Waals surface area contributed by atoms with Gasteiger partial charge in [0.25, 0.3) is 0 Å². The number of aromatic nitrogens is 2. The molecule has 0 fully saturated rings. The molecule has 1 N–H and O–H groups in total. The van der Waals surface area contributed by atoms with Crippen LogP contribution in [0, 0.1) is 5.82 Å². The molecule has 0 saturated carbocycles. The second-order valence-electron chi connectivity index (χ2n) is 3.40. The monoisotopic (exact) mass is 221 g/mol. The van der Waals surface area contributed by atoms with Gasteiger partial charge in [-0.05, 0) is 17.7 Å².